The quantitative estimate of drug-likeness (QED) is 0.651. The summed E-state index contributed by atoms with van der Waals surface area (Å²) in [6.45, 7) is 1.34. The first-order valence-corrected chi connectivity index (χ1v) is 9.96. The maximum absolute atomic E-state index is 13.2. The fourth-order valence-electron chi connectivity index (χ4n) is 2.65. The number of imide groups is 1. The minimum absolute atomic E-state index is 0.0154. The van der Waals surface area contributed by atoms with Gasteiger partial charge in [0.1, 0.15) is 11.6 Å². The van der Waals surface area contributed by atoms with E-state index in [2.05, 4.69) is 5.32 Å². The van der Waals surface area contributed by atoms with Crippen LogP contribution < -0.4 is 10.1 Å². The minimum atomic E-state index is -1.10. The summed E-state index contributed by atoms with van der Waals surface area (Å²) in [4.78, 5) is 37.9. The number of hydrogen-bond donors (Lipinski definition) is 1. The van der Waals surface area contributed by atoms with E-state index in [1.54, 1.807) is 0 Å². The first kappa shape index (κ1) is 22.4. The minimum Gasteiger partial charge on any atom is -0.481 e. The monoisotopic (exact) mass is 450 g/mol. The van der Waals surface area contributed by atoms with Gasteiger partial charge in [-0.2, -0.15) is 0 Å². The van der Waals surface area contributed by atoms with Crippen molar-refractivity contribution in [3.8, 4) is 5.75 Å². The van der Waals surface area contributed by atoms with E-state index in [9.17, 15) is 27.6 Å². The van der Waals surface area contributed by atoms with Gasteiger partial charge in [-0.15, -0.1) is 0 Å². The zero-order chi connectivity index (χ0) is 22.5. The Morgan fingerprint density at radius 3 is 2.52 bits per heavy atom. The summed E-state index contributed by atoms with van der Waals surface area (Å²) in [7, 11) is 0. The van der Waals surface area contributed by atoms with Gasteiger partial charge in [0.15, 0.2) is 17.7 Å². The molecule has 1 N–H and O–H groups in total. The van der Waals surface area contributed by atoms with Crippen LogP contribution in [0, 0.1) is 17.5 Å². The number of benzene rings is 2. The van der Waals surface area contributed by atoms with Crippen LogP contribution >= 0.6 is 11.8 Å². The molecule has 0 bridgehead atoms. The topological polar surface area (TPSA) is 75.7 Å². The van der Waals surface area contributed by atoms with E-state index in [0.717, 1.165) is 28.8 Å². The van der Waals surface area contributed by atoms with Crippen molar-refractivity contribution in [2.45, 2.75) is 13.0 Å². The van der Waals surface area contributed by atoms with Gasteiger partial charge in [0.2, 0.25) is 0 Å². The first-order chi connectivity index (χ1) is 14.7. The molecule has 6 nitrogen and oxygen atoms in total. The Morgan fingerprint density at radius 2 is 1.84 bits per heavy atom. The Balaban J connectivity index is 1.51. The number of nitrogens with one attached hydrogen (secondary N) is 1. The summed E-state index contributed by atoms with van der Waals surface area (Å²) in [6.07, 6.45) is 0.471. The van der Waals surface area contributed by atoms with Gasteiger partial charge in [-0.1, -0.05) is 12.1 Å². The number of thioether (sulfide) groups is 1. The molecule has 0 aliphatic carbocycles. The highest BCUT2D eigenvalue weighted by molar-refractivity contribution is 8.18. The molecule has 1 saturated heterocycles. The molecule has 0 spiro atoms. The summed E-state index contributed by atoms with van der Waals surface area (Å²) < 4.78 is 44.4. The van der Waals surface area contributed by atoms with Crippen molar-refractivity contribution in [1.82, 2.24) is 10.2 Å². The molecule has 1 atom stereocenters. The molecule has 0 aromatic heterocycles. The smallest absolute Gasteiger partial charge is 0.293 e. The van der Waals surface area contributed by atoms with Gasteiger partial charge in [-0.05, 0) is 54.6 Å². The zero-order valence-corrected chi connectivity index (χ0v) is 17.0. The van der Waals surface area contributed by atoms with E-state index in [0.29, 0.717) is 5.56 Å². The number of halogens is 3. The lowest BCUT2D eigenvalue weighted by atomic mass is 10.2. The van der Waals surface area contributed by atoms with Gasteiger partial charge in [-0.3, -0.25) is 19.3 Å². The van der Waals surface area contributed by atoms with Gasteiger partial charge >= 0.3 is 0 Å². The summed E-state index contributed by atoms with van der Waals surface area (Å²) in [5, 5.41) is 2.03. The number of carbonyl (C=O) groups is 3. The lowest BCUT2D eigenvalue weighted by Crippen LogP contribution is -2.41. The van der Waals surface area contributed by atoms with Crippen molar-refractivity contribution in [2.24, 2.45) is 0 Å². The van der Waals surface area contributed by atoms with Crippen LogP contribution in [0.5, 0.6) is 5.75 Å². The van der Waals surface area contributed by atoms with Crippen LogP contribution in [0.25, 0.3) is 6.08 Å². The Bertz CT molecular complexity index is 1040. The highest BCUT2D eigenvalue weighted by atomic mass is 32.2. The van der Waals surface area contributed by atoms with Gasteiger partial charge in [0.25, 0.3) is 17.1 Å². The average Bonchev–Trinajstić information content (AvgIpc) is 2.99. The van der Waals surface area contributed by atoms with E-state index in [-0.39, 0.29) is 23.7 Å². The average molecular weight is 450 g/mol. The summed E-state index contributed by atoms with van der Waals surface area (Å²) in [5.41, 5.74) is 0.573. The van der Waals surface area contributed by atoms with E-state index >= 15 is 0 Å². The standard InChI is InChI=1S/C21H17F3N2O4S/c1-12(30-15-6-7-16(23)17(24)11-15)19(27)25-8-9-26-20(28)18(31-21(26)29)10-13-2-4-14(22)5-3-13/h2-7,10-12H,8-9H2,1H3,(H,25,27)/b18-10+. The maximum Gasteiger partial charge on any atom is 0.293 e. The van der Waals surface area contributed by atoms with E-state index in [1.165, 1.54) is 43.3 Å². The summed E-state index contributed by atoms with van der Waals surface area (Å²) in [5.74, 6) is -3.63. The second kappa shape index (κ2) is 9.69. The molecule has 0 radical (unpaired) electrons. The Labute approximate surface area is 180 Å². The Hall–Kier alpha value is -3.27. The molecule has 162 valence electrons. The van der Waals surface area contributed by atoms with E-state index in [4.69, 9.17) is 4.74 Å². The fraction of sp³-hybridized carbons (Fsp3) is 0.190. The van der Waals surface area contributed by atoms with Crippen molar-refractivity contribution in [3.63, 3.8) is 0 Å². The van der Waals surface area contributed by atoms with Crippen LogP contribution in [0.4, 0.5) is 18.0 Å². The van der Waals surface area contributed by atoms with Crippen LogP contribution in [-0.4, -0.2) is 41.1 Å². The SMILES string of the molecule is CC(Oc1ccc(F)c(F)c1)C(=O)NCCN1C(=O)S/C(=C/c2ccc(F)cc2)C1=O. The van der Waals surface area contributed by atoms with Crippen LogP contribution in [0.3, 0.4) is 0 Å². The molecule has 1 unspecified atom stereocenters. The third-order valence-corrected chi connectivity index (χ3v) is 5.16. The molecule has 2 aromatic carbocycles. The molecular formula is C21H17F3N2O4S. The number of amides is 3. The molecule has 10 heteroatoms. The predicted molar refractivity (Wildman–Crippen MR) is 109 cm³/mol. The van der Waals surface area contributed by atoms with Crippen LogP contribution in [-0.2, 0) is 9.59 Å². The molecule has 3 amide bonds. The number of nitrogens with zero attached hydrogens (tertiary/aromatic N) is 1. The molecule has 1 aliphatic heterocycles. The Kier molecular flexibility index (Phi) is 7.01. The number of ether oxygens (including phenoxy) is 1. The molecule has 31 heavy (non-hydrogen) atoms. The lowest BCUT2D eigenvalue weighted by molar-refractivity contribution is -0.128. The predicted octanol–water partition coefficient (Wildman–Crippen LogP) is 3.72. The number of hydrogen-bond acceptors (Lipinski definition) is 5. The molecule has 1 heterocycles. The highest BCUT2D eigenvalue weighted by Crippen LogP contribution is 2.31. The van der Waals surface area contributed by atoms with Gasteiger partial charge in [0, 0.05) is 19.2 Å². The van der Waals surface area contributed by atoms with Gasteiger partial charge in [-0.25, -0.2) is 13.2 Å². The second-order valence-corrected chi connectivity index (χ2v) is 7.51. The third kappa shape index (κ3) is 5.66. The van der Waals surface area contributed by atoms with Crippen molar-refractivity contribution >= 4 is 34.9 Å². The normalized spacial score (nSPS) is 16.0. The van der Waals surface area contributed by atoms with Crippen LogP contribution in [0.15, 0.2) is 47.4 Å². The van der Waals surface area contributed by atoms with Gasteiger partial charge in [0.05, 0.1) is 4.91 Å². The van der Waals surface area contributed by atoms with Crippen molar-refractivity contribution < 1.29 is 32.3 Å². The fourth-order valence-corrected chi connectivity index (χ4v) is 3.51. The van der Waals surface area contributed by atoms with E-state index in [1.807, 2.05) is 0 Å². The highest BCUT2D eigenvalue weighted by Gasteiger charge is 2.34. The van der Waals surface area contributed by atoms with Crippen LogP contribution in [0.1, 0.15) is 12.5 Å². The zero-order valence-electron chi connectivity index (χ0n) is 16.2. The molecule has 1 aliphatic rings. The van der Waals surface area contributed by atoms with Crippen molar-refractivity contribution in [3.05, 3.63) is 70.4 Å². The lowest BCUT2D eigenvalue weighted by Gasteiger charge is -2.16. The van der Waals surface area contributed by atoms with E-state index < -0.39 is 40.6 Å². The molecule has 3 rings (SSSR count). The van der Waals surface area contributed by atoms with Crippen molar-refractivity contribution in [2.75, 3.05) is 13.1 Å². The Morgan fingerprint density at radius 1 is 1.13 bits per heavy atom. The third-order valence-electron chi connectivity index (χ3n) is 4.25. The summed E-state index contributed by atoms with van der Waals surface area (Å²) >= 11 is 0.751. The number of rotatable bonds is 7. The molecule has 2 aromatic rings. The summed E-state index contributed by atoms with van der Waals surface area (Å²) in [6, 6.07) is 8.36. The molecule has 0 saturated carbocycles. The van der Waals surface area contributed by atoms with Crippen LogP contribution in [0.2, 0.25) is 0 Å². The van der Waals surface area contributed by atoms with Gasteiger partial charge < -0.3 is 10.1 Å². The maximum atomic E-state index is 13.2. The molecular weight excluding hydrogens is 433 g/mol. The first-order valence-electron chi connectivity index (χ1n) is 9.15. The molecule has 1 fully saturated rings. The second-order valence-electron chi connectivity index (χ2n) is 6.51. The van der Waals surface area contributed by atoms with Crippen molar-refractivity contribution in [1.29, 1.82) is 0 Å². The largest absolute Gasteiger partial charge is 0.481 e. The number of carbonyl (C=O) groups excluding carboxylic acids is 3.